The summed E-state index contributed by atoms with van der Waals surface area (Å²) >= 11 is 0. The van der Waals surface area contributed by atoms with Gasteiger partial charge in [0, 0.05) is 13.0 Å². The number of aromatic nitrogens is 2. The van der Waals surface area contributed by atoms with Crippen LogP contribution in [0.2, 0.25) is 0 Å². The van der Waals surface area contributed by atoms with E-state index in [2.05, 4.69) is 25.2 Å². The van der Waals surface area contributed by atoms with Gasteiger partial charge in [0.05, 0.1) is 0 Å². The van der Waals surface area contributed by atoms with E-state index in [1.807, 2.05) is 0 Å². The number of rotatable bonds is 5. The van der Waals surface area contributed by atoms with Crippen LogP contribution in [0, 0.1) is 4.91 Å². The van der Waals surface area contributed by atoms with E-state index in [1.165, 1.54) is 6.33 Å². The lowest BCUT2D eigenvalue weighted by Gasteiger charge is -1.97. The maximum Gasteiger partial charge on any atom is 0.245 e. The van der Waals surface area contributed by atoms with E-state index in [0.717, 1.165) is 0 Å². The van der Waals surface area contributed by atoms with Gasteiger partial charge in [0.2, 0.25) is 11.8 Å². The van der Waals surface area contributed by atoms with Crippen LogP contribution in [0.25, 0.3) is 0 Å². The third-order valence-corrected chi connectivity index (χ3v) is 1.28. The second-order valence-corrected chi connectivity index (χ2v) is 2.22. The van der Waals surface area contributed by atoms with Gasteiger partial charge >= 0.3 is 0 Å². The second-order valence-electron chi connectivity index (χ2n) is 2.22. The molecule has 7 nitrogen and oxygen atoms in total. The van der Waals surface area contributed by atoms with Crippen molar-refractivity contribution in [2.24, 2.45) is 5.18 Å². The van der Waals surface area contributed by atoms with Crippen LogP contribution in [0.5, 0.6) is 0 Å². The van der Waals surface area contributed by atoms with Crippen LogP contribution >= 0.6 is 0 Å². The standard InChI is InChI=1S/C6H8N4O3/c11-5(3-9-12)7-2-1-6-8-4-10-13-6/h4H,1-3H2,(H,7,11). The molecule has 1 N–H and O–H groups in total. The van der Waals surface area contributed by atoms with Gasteiger partial charge in [0.15, 0.2) is 12.9 Å². The zero-order valence-electron chi connectivity index (χ0n) is 6.77. The Bertz CT molecular complexity index is 271. The first-order chi connectivity index (χ1) is 6.33. The second kappa shape index (κ2) is 4.96. The molecule has 0 aliphatic carbocycles. The quantitative estimate of drug-likeness (QED) is 0.622. The molecule has 0 spiro atoms. The summed E-state index contributed by atoms with van der Waals surface area (Å²) in [7, 11) is 0. The van der Waals surface area contributed by atoms with Gasteiger partial charge in [0.25, 0.3) is 0 Å². The monoisotopic (exact) mass is 184 g/mol. The van der Waals surface area contributed by atoms with Crippen molar-refractivity contribution in [3.05, 3.63) is 17.1 Å². The first kappa shape index (κ1) is 9.30. The van der Waals surface area contributed by atoms with Crippen molar-refractivity contribution in [1.29, 1.82) is 0 Å². The van der Waals surface area contributed by atoms with E-state index in [-0.39, 0.29) is 6.54 Å². The highest BCUT2D eigenvalue weighted by Crippen LogP contribution is 1.90. The third-order valence-electron chi connectivity index (χ3n) is 1.28. The Kier molecular flexibility index (Phi) is 3.55. The molecule has 1 heterocycles. The van der Waals surface area contributed by atoms with Crippen LogP contribution in [-0.2, 0) is 11.2 Å². The van der Waals surface area contributed by atoms with Crippen molar-refractivity contribution in [3.8, 4) is 0 Å². The van der Waals surface area contributed by atoms with Crippen molar-refractivity contribution in [1.82, 2.24) is 15.5 Å². The van der Waals surface area contributed by atoms with Gasteiger partial charge in [0.1, 0.15) is 0 Å². The molecule has 0 unspecified atom stereocenters. The molecule has 1 amide bonds. The van der Waals surface area contributed by atoms with Crippen LogP contribution < -0.4 is 5.32 Å². The van der Waals surface area contributed by atoms with Gasteiger partial charge in [-0.2, -0.15) is 9.89 Å². The number of carbonyl (C=O) groups excluding carboxylic acids is 1. The molecule has 1 rings (SSSR count). The number of nitrogens with one attached hydrogen (secondary N) is 1. The Labute approximate surface area is 73.5 Å². The number of amides is 1. The Balaban J connectivity index is 2.14. The summed E-state index contributed by atoms with van der Waals surface area (Å²) in [5.74, 6) is 0.0360. The number of nitrogens with zero attached hydrogens (tertiary/aromatic N) is 3. The van der Waals surface area contributed by atoms with E-state index in [9.17, 15) is 9.70 Å². The minimum atomic E-state index is -0.408. The lowest BCUT2D eigenvalue weighted by atomic mass is 10.4. The maximum absolute atomic E-state index is 10.7. The fourth-order valence-electron chi connectivity index (χ4n) is 0.730. The molecule has 70 valence electrons. The van der Waals surface area contributed by atoms with E-state index in [1.54, 1.807) is 0 Å². The zero-order valence-corrected chi connectivity index (χ0v) is 6.77. The molecule has 1 aromatic rings. The van der Waals surface area contributed by atoms with E-state index >= 15 is 0 Å². The summed E-state index contributed by atoms with van der Waals surface area (Å²) in [6.45, 7) is 0.000377. The van der Waals surface area contributed by atoms with Crippen molar-refractivity contribution in [2.75, 3.05) is 13.1 Å². The number of carbonyl (C=O) groups is 1. The molecule has 0 aliphatic rings. The number of hydrogen-bond acceptors (Lipinski definition) is 6. The molecule has 1 aromatic heterocycles. The maximum atomic E-state index is 10.7. The van der Waals surface area contributed by atoms with E-state index < -0.39 is 5.91 Å². The van der Waals surface area contributed by atoms with Crippen LogP contribution in [0.3, 0.4) is 0 Å². The number of nitroso groups, excluding NO2 is 1. The van der Waals surface area contributed by atoms with Crippen LogP contribution in [0.15, 0.2) is 16.0 Å². The molecular formula is C6H8N4O3. The van der Waals surface area contributed by atoms with Crippen molar-refractivity contribution in [2.45, 2.75) is 6.42 Å². The van der Waals surface area contributed by atoms with Crippen molar-refractivity contribution in [3.63, 3.8) is 0 Å². The smallest absolute Gasteiger partial charge is 0.245 e. The van der Waals surface area contributed by atoms with Crippen LogP contribution in [0.1, 0.15) is 5.89 Å². The minimum Gasteiger partial charge on any atom is -0.354 e. The van der Waals surface area contributed by atoms with Gasteiger partial charge in [-0.25, -0.2) is 0 Å². The largest absolute Gasteiger partial charge is 0.354 e. The lowest BCUT2D eigenvalue weighted by Crippen LogP contribution is -2.27. The molecule has 0 aliphatic heterocycles. The van der Waals surface area contributed by atoms with Crippen molar-refractivity contribution < 1.29 is 9.32 Å². The average molecular weight is 184 g/mol. The fraction of sp³-hybridized carbons (Fsp3) is 0.500. The normalized spacial score (nSPS) is 9.54. The molecule has 0 radical (unpaired) electrons. The van der Waals surface area contributed by atoms with Gasteiger partial charge in [-0.15, -0.1) is 0 Å². The predicted molar refractivity (Wildman–Crippen MR) is 41.7 cm³/mol. The highest BCUT2D eigenvalue weighted by atomic mass is 16.5. The van der Waals surface area contributed by atoms with Crippen LogP contribution in [-0.4, -0.2) is 29.1 Å². The molecule has 0 aromatic carbocycles. The Morgan fingerprint density at radius 3 is 3.15 bits per heavy atom. The third kappa shape index (κ3) is 3.41. The fourth-order valence-corrected chi connectivity index (χ4v) is 0.730. The SMILES string of the molecule is O=NCC(=O)NCCc1ncno1. The summed E-state index contributed by atoms with van der Waals surface area (Å²) in [4.78, 5) is 24.1. The van der Waals surface area contributed by atoms with Gasteiger partial charge < -0.3 is 9.84 Å². The predicted octanol–water partition coefficient (Wildman–Crippen LogP) is -0.505. The summed E-state index contributed by atoms with van der Waals surface area (Å²) in [5.41, 5.74) is 0. The summed E-state index contributed by atoms with van der Waals surface area (Å²) < 4.78 is 4.68. The number of hydrogen-bond donors (Lipinski definition) is 1. The van der Waals surface area contributed by atoms with Gasteiger partial charge in [-0.05, 0) is 0 Å². The molecule has 13 heavy (non-hydrogen) atoms. The molecular weight excluding hydrogens is 176 g/mol. The Hall–Kier alpha value is -1.79. The summed E-state index contributed by atoms with van der Waals surface area (Å²) in [6, 6.07) is 0. The topological polar surface area (TPSA) is 97.5 Å². The molecule has 0 saturated carbocycles. The van der Waals surface area contributed by atoms with E-state index in [0.29, 0.717) is 18.9 Å². The molecule has 0 saturated heterocycles. The minimum absolute atomic E-state index is 0.357. The highest BCUT2D eigenvalue weighted by Gasteiger charge is 2.02. The van der Waals surface area contributed by atoms with Gasteiger partial charge in [-0.3, -0.25) is 4.79 Å². The molecule has 0 atom stereocenters. The zero-order chi connectivity index (χ0) is 9.52. The van der Waals surface area contributed by atoms with Crippen LogP contribution in [0.4, 0.5) is 0 Å². The van der Waals surface area contributed by atoms with E-state index in [4.69, 9.17) is 0 Å². The van der Waals surface area contributed by atoms with Crippen molar-refractivity contribution >= 4 is 5.91 Å². The Morgan fingerprint density at radius 1 is 1.69 bits per heavy atom. The summed E-state index contributed by atoms with van der Waals surface area (Å²) in [5, 5.41) is 8.29. The average Bonchev–Trinajstić information content (AvgIpc) is 2.57. The highest BCUT2D eigenvalue weighted by molar-refractivity contribution is 5.78. The lowest BCUT2D eigenvalue weighted by molar-refractivity contribution is -0.119. The first-order valence-electron chi connectivity index (χ1n) is 3.64. The van der Waals surface area contributed by atoms with Gasteiger partial charge in [-0.1, -0.05) is 10.3 Å². The summed E-state index contributed by atoms with van der Waals surface area (Å²) in [6.07, 6.45) is 1.73. The molecule has 0 bridgehead atoms. The first-order valence-corrected chi connectivity index (χ1v) is 3.64. The molecule has 0 fully saturated rings. The molecule has 7 heteroatoms. The Morgan fingerprint density at radius 2 is 2.54 bits per heavy atom.